The van der Waals surface area contributed by atoms with Crippen LogP contribution < -0.4 is 15.4 Å². The average molecular weight is 425 g/mol. The van der Waals surface area contributed by atoms with Crippen molar-refractivity contribution in [2.45, 2.75) is 76.4 Å². The van der Waals surface area contributed by atoms with E-state index in [1.807, 2.05) is 48.9 Å². The molecule has 2 heterocycles. The Morgan fingerprint density at radius 2 is 1.87 bits per heavy atom. The number of carbonyl (C=O) groups is 2. The van der Waals surface area contributed by atoms with Crippen LogP contribution in [-0.4, -0.2) is 40.8 Å². The predicted molar refractivity (Wildman–Crippen MR) is 118 cm³/mol. The van der Waals surface area contributed by atoms with E-state index in [0.29, 0.717) is 18.7 Å². The maximum absolute atomic E-state index is 13.6. The molecule has 31 heavy (non-hydrogen) atoms. The standard InChI is InChI=1S/C24H32N4O3/c1-16(2)25-22(29)21-14-19-13-18(15-28(19)27-21)26-23(30)24(11-5-4-6-12-24)17-7-9-20(31-3)10-8-17/h7-10,14,16,18H,4-6,11-13,15H2,1-3H3,(H,25,29)(H,26,30). The first kappa shape index (κ1) is 21.4. The minimum Gasteiger partial charge on any atom is -0.497 e. The van der Waals surface area contributed by atoms with E-state index in [-0.39, 0.29) is 23.9 Å². The average Bonchev–Trinajstić information content (AvgIpc) is 3.32. The molecule has 1 aliphatic heterocycles. The van der Waals surface area contributed by atoms with Crippen LogP contribution in [0.25, 0.3) is 0 Å². The van der Waals surface area contributed by atoms with Gasteiger partial charge in [0.2, 0.25) is 5.91 Å². The lowest BCUT2D eigenvalue weighted by Crippen LogP contribution is -2.49. The summed E-state index contributed by atoms with van der Waals surface area (Å²) in [6.45, 7) is 4.45. The number of benzene rings is 1. The van der Waals surface area contributed by atoms with E-state index in [4.69, 9.17) is 4.74 Å². The third kappa shape index (κ3) is 4.31. The highest BCUT2D eigenvalue weighted by Crippen LogP contribution is 2.40. The molecule has 7 nitrogen and oxygen atoms in total. The molecule has 1 aliphatic carbocycles. The van der Waals surface area contributed by atoms with Gasteiger partial charge < -0.3 is 15.4 Å². The van der Waals surface area contributed by atoms with Crippen LogP contribution in [0.4, 0.5) is 0 Å². The van der Waals surface area contributed by atoms with Crippen molar-refractivity contribution in [3.8, 4) is 5.75 Å². The second kappa shape index (κ2) is 8.73. The normalized spacial score (nSPS) is 19.7. The molecule has 2 aromatic rings. The molecule has 0 spiro atoms. The molecule has 1 unspecified atom stereocenters. The van der Waals surface area contributed by atoms with Crippen molar-refractivity contribution in [1.29, 1.82) is 0 Å². The number of hydrogen-bond acceptors (Lipinski definition) is 4. The predicted octanol–water partition coefficient (Wildman–Crippen LogP) is 2.97. The summed E-state index contributed by atoms with van der Waals surface area (Å²) in [5.41, 5.74) is 2.00. The van der Waals surface area contributed by atoms with Crippen LogP contribution in [0, 0.1) is 0 Å². The van der Waals surface area contributed by atoms with Crippen molar-refractivity contribution in [1.82, 2.24) is 20.4 Å². The second-order valence-corrected chi connectivity index (χ2v) is 9.08. The third-order valence-corrected chi connectivity index (χ3v) is 6.48. The Kier molecular flexibility index (Phi) is 6.03. The summed E-state index contributed by atoms with van der Waals surface area (Å²) in [6, 6.07) is 9.84. The lowest BCUT2D eigenvalue weighted by molar-refractivity contribution is -0.128. The molecule has 0 saturated heterocycles. The minimum absolute atomic E-state index is 0.00531. The number of amides is 2. The van der Waals surface area contributed by atoms with Crippen molar-refractivity contribution in [3.05, 3.63) is 47.3 Å². The van der Waals surface area contributed by atoms with E-state index in [9.17, 15) is 9.59 Å². The van der Waals surface area contributed by atoms with E-state index >= 15 is 0 Å². The Labute approximate surface area is 183 Å². The zero-order chi connectivity index (χ0) is 22.0. The number of rotatable bonds is 6. The van der Waals surface area contributed by atoms with Crippen LogP contribution in [0.15, 0.2) is 30.3 Å². The fraction of sp³-hybridized carbons (Fsp3) is 0.542. The van der Waals surface area contributed by atoms with Crippen LogP contribution in [0.3, 0.4) is 0 Å². The molecule has 1 atom stereocenters. The highest BCUT2D eigenvalue weighted by Gasteiger charge is 2.42. The Bertz CT molecular complexity index is 919. The lowest BCUT2D eigenvalue weighted by atomic mass is 9.68. The van der Waals surface area contributed by atoms with Gasteiger partial charge >= 0.3 is 0 Å². The summed E-state index contributed by atoms with van der Waals surface area (Å²) >= 11 is 0. The van der Waals surface area contributed by atoms with E-state index < -0.39 is 5.41 Å². The number of aromatic nitrogens is 2. The Balaban J connectivity index is 1.46. The molecular weight excluding hydrogens is 392 g/mol. The summed E-state index contributed by atoms with van der Waals surface area (Å²) in [7, 11) is 1.65. The highest BCUT2D eigenvalue weighted by atomic mass is 16.5. The van der Waals surface area contributed by atoms with E-state index in [1.54, 1.807) is 7.11 Å². The molecule has 1 aromatic heterocycles. The van der Waals surface area contributed by atoms with Crippen molar-refractivity contribution in [2.24, 2.45) is 0 Å². The first-order chi connectivity index (χ1) is 14.9. The molecule has 0 radical (unpaired) electrons. The fourth-order valence-corrected chi connectivity index (χ4v) is 4.88. The van der Waals surface area contributed by atoms with E-state index in [1.165, 1.54) is 6.42 Å². The quantitative estimate of drug-likeness (QED) is 0.747. The maximum atomic E-state index is 13.6. The smallest absolute Gasteiger partial charge is 0.271 e. The van der Waals surface area contributed by atoms with Gasteiger partial charge in [0.1, 0.15) is 11.4 Å². The molecule has 2 N–H and O–H groups in total. The SMILES string of the molecule is COc1ccc(C2(C(=O)NC3Cc4cc(C(=O)NC(C)C)nn4C3)CCCCC2)cc1. The van der Waals surface area contributed by atoms with Crippen LogP contribution >= 0.6 is 0 Å². The molecular formula is C24H32N4O3. The zero-order valence-corrected chi connectivity index (χ0v) is 18.6. The monoisotopic (exact) mass is 424 g/mol. The number of ether oxygens (including phenoxy) is 1. The molecule has 166 valence electrons. The molecule has 2 amide bonds. The molecule has 0 bridgehead atoms. The zero-order valence-electron chi connectivity index (χ0n) is 18.6. The molecule has 1 aromatic carbocycles. The largest absolute Gasteiger partial charge is 0.497 e. The topological polar surface area (TPSA) is 85.2 Å². The Hall–Kier alpha value is -2.83. The van der Waals surface area contributed by atoms with Crippen LogP contribution in [0.2, 0.25) is 0 Å². The molecule has 1 saturated carbocycles. The number of fused-ring (bicyclic) bond motifs is 1. The van der Waals surface area contributed by atoms with Gasteiger partial charge in [0.05, 0.1) is 25.1 Å². The van der Waals surface area contributed by atoms with Crippen molar-refractivity contribution in [2.75, 3.05) is 7.11 Å². The highest BCUT2D eigenvalue weighted by molar-refractivity contribution is 5.92. The van der Waals surface area contributed by atoms with Gasteiger partial charge in [0.15, 0.2) is 0 Å². The summed E-state index contributed by atoms with van der Waals surface area (Å²) in [4.78, 5) is 25.8. The summed E-state index contributed by atoms with van der Waals surface area (Å²) in [5.74, 6) is 0.748. The molecule has 7 heteroatoms. The van der Waals surface area contributed by atoms with Crippen LogP contribution in [0.5, 0.6) is 5.75 Å². The van der Waals surface area contributed by atoms with Gasteiger partial charge in [-0.2, -0.15) is 5.10 Å². The van der Waals surface area contributed by atoms with Gasteiger partial charge in [0.25, 0.3) is 5.91 Å². The molecule has 4 rings (SSSR count). The van der Waals surface area contributed by atoms with Gasteiger partial charge in [-0.1, -0.05) is 31.4 Å². The van der Waals surface area contributed by atoms with Gasteiger partial charge in [-0.15, -0.1) is 0 Å². The molecule has 1 fully saturated rings. The van der Waals surface area contributed by atoms with E-state index in [2.05, 4.69) is 15.7 Å². The summed E-state index contributed by atoms with van der Waals surface area (Å²) in [5, 5.41) is 10.6. The minimum atomic E-state index is -0.489. The Morgan fingerprint density at radius 3 is 2.48 bits per heavy atom. The second-order valence-electron chi connectivity index (χ2n) is 9.08. The first-order valence-electron chi connectivity index (χ1n) is 11.2. The number of hydrogen-bond donors (Lipinski definition) is 2. The number of methoxy groups -OCH3 is 1. The summed E-state index contributed by atoms with van der Waals surface area (Å²) < 4.78 is 7.14. The lowest BCUT2D eigenvalue weighted by Gasteiger charge is -2.37. The van der Waals surface area contributed by atoms with Crippen molar-refractivity contribution >= 4 is 11.8 Å². The number of nitrogens with one attached hydrogen (secondary N) is 2. The van der Waals surface area contributed by atoms with Gasteiger partial charge in [-0.3, -0.25) is 14.3 Å². The maximum Gasteiger partial charge on any atom is 0.271 e. The number of nitrogens with zero attached hydrogens (tertiary/aromatic N) is 2. The first-order valence-corrected chi connectivity index (χ1v) is 11.2. The van der Waals surface area contributed by atoms with Gasteiger partial charge in [0, 0.05) is 18.2 Å². The Morgan fingerprint density at radius 1 is 1.16 bits per heavy atom. The van der Waals surface area contributed by atoms with Gasteiger partial charge in [-0.25, -0.2) is 0 Å². The van der Waals surface area contributed by atoms with Crippen molar-refractivity contribution in [3.63, 3.8) is 0 Å². The van der Waals surface area contributed by atoms with Gasteiger partial charge in [-0.05, 0) is 50.5 Å². The van der Waals surface area contributed by atoms with E-state index in [0.717, 1.165) is 42.7 Å². The fourth-order valence-electron chi connectivity index (χ4n) is 4.88. The van der Waals surface area contributed by atoms with Crippen LogP contribution in [-0.2, 0) is 23.2 Å². The summed E-state index contributed by atoms with van der Waals surface area (Å²) in [6.07, 6.45) is 5.70. The number of carbonyl (C=O) groups excluding carboxylic acids is 2. The van der Waals surface area contributed by atoms with Crippen LogP contribution in [0.1, 0.15) is 67.7 Å². The third-order valence-electron chi connectivity index (χ3n) is 6.48. The molecule has 2 aliphatic rings. The van der Waals surface area contributed by atoms with Crippen molar-refractivity contribution < 1.29 is 14.3 Å².